The number of alkyl halides is 3. The van der Waals surface area contributed by atoms with E-state index in [1.807, 2.05) is 0 Å². The predicted molar refractivity (Wildman–Crippen MR) is 58.6 cm³/mol. The largest absolute Gasteiger partial charge is 0.477 e. The van der Waals surface area contributed by atoms with Crippen molar-refractivity contribution in [2.75, 3.05) is 0 Å². The second-order valence-electron chi connectivity index (χ2n) is 5.67. The maximum Gasteiger partial charge on any atom is 0.420 e. The summed E-state index contributed by atoms with van der Waals surface area (Å²) in [5.74, 6) is -1.33. The van der Waals surface area contributed by atoms with Crippen LogP contribution in [-0.2, 0) is 12.7 Å². The molecule has 1 N–H and O–H groups in total. The summed E-state index contributed by atoms with van der Waals surface area (Å²) in [6, 6.07) is 0. The minimum Gasteiger partial charge on any atom is -0.477 e. The van der Waals surface area contributed by atoms with Gasteiger partial charge in [0.1, 0.15) is 5.56 Å². The SMILES string of the molecule is O=C(O)c1c(C(F)(F)F)cnn1CC1CC2(CC2)C1. The molecule has 2 aliphatic rings. The summed E-state index contributed by atoms with van der Waals surface area (Å²) in [6.07, 6.45) is 0.281. The van der Waals surface area contributed by atoms with E-state index in [1.165, 1.54) is 12.8 Å². The number of hydrogen-bond donors (Lipinski definition) is 1. The Morgan fingerprint density at radius 2 is 2.11 bits per heavy atom. The van der Waals surface area contributed by atoms with E-state index in [9.17, 15) is 18.0 Å². The monoisotopic (exact) mass is 274 g/mol. The van der Waals surface area contributed by atoms with E-state index in [-0.39, 0.29) is 12.5 Å². The Balaban J connectivity index is 1.81. The highest BCUT2D eigenvalue weighted by atomic mass is 19.4. The van der Waals surface area contributed by atoms with Crippen LogP contribution in [0.15, 0.2) is 6.20 Å². The Labute approximate surface area is 107 Å². The normalized spacial score (nSPS) is 21.4. The molecule has 4 nitrogen and oxygen atoms in total. The second-order valence-corrected chi connectivity index (χ2v) is 5.67. The van der Waals surface area contributed by atoms with Crippen molar-refractivity contribution >= 4 is 5.97 Å². The van der Waals surface area contributed by atoms with Crippen LogP contribution >= 0.6 is 0 Å². The molecule has 19 heavy (non-hydrogen) atoms. The van der Waals surface area contributed by atoms with Crippen LogP contribution in [0.2, 0.25) is 0 Å². The van der Waals surface area contributed by atoms with E-state index in [0.717, 1.165) is 17.5 Å². The van der Waals surface area contributed by atoms with Gasteiger partial charge in [-0.1, -0.05) is 0 Å². The van der Waals surface area contributed by atoms with E-state index in [4.69, 9.17) is 5.11 Å². The molecule has 2 aliphatic carbocycles. The van der Waals surface area contributed by atoms with Crippen molar-refractivity contribution in [1.29, 1.82) is 0 Å². The molecular weight excluding hydrogens is 261 g/mol. The minimum atomic E-state index is -4.68. The molecule has 7 heteroatoms. The number of carboxylic acids is 1. The average Bonchev–Trinajstić information content (AvgIpc) is 2.87. The van der Waals surface area contributed by atoms with Gasteiger partial charge in [0.05, 0.1) is 6.20 Å². The van der Waals surface area contributed by atoms with Crippen LogP contribution in [-0.4, -0.2) is 20.9 Å². The molecule has 2 fully saturated rings. The van der Waals surface area contributed by atoms with Crippen LogP contribution in [0.1, 0.15) is 41.7 Å². The molecule has 0 atom stereocenters. The number of nitrogens with zero attached hydrogens (tertiary/aromatic N) is 2. The van der Waals surface area contributed by atoms with Crippen LogP contribution in [0.3, 0.4) is 0 Å². The summed E-state index contributed by atoms with van der Waals surface area (Å²) in [7, 11) is 0. The van der Waals surface area contributed by atoms with Crippen LogP contribution in [0, 0.1) is 11.3 Å². The smallest absolute Gasteiger partial charge is 0.420 e. The third kappa shape index (κ3) is 2.11. The number of halogens is 3. The van der Waals surface area contributed by atoms with E-state index in [0.29, 0.717) is 11.6 Å². The van der Waals surface area contributed by atoms with E-state index < -0.39 is 23.4 Å². The number of hydrogen-bond acceptors (Lipinski definition) is 2. The third-order valence-electron chi connectivity index (χ3n) is 4.18. The maximum absolute atomic E-state index is 12.7. The third-order valence-corrected chi connectivity index (χ3v) is 4.18. The second kappa shape index (κ2) is 3.74. The first kappa shape index (κ1) is 12.5. The molecule has 0 unspecified atom stereocenters. The van der Waals surface area contributed by atoms with Gasteiger partial charge in [-0.15, -0.1) is 0 Å². The lowest BCUT2D eigenvalue weighted by molar-refractivity contribution is -0.138. The lowest BCUT2D eigenvalue weighted by Gasteiger charge is -2.35. The molecule has 0 radical (unpaired) electrons. The van der Waals surface area contributed by atoms with Gasteiger partial charge in [0, 0.05) is 6.54 Å². The molecule has 1 heterocycles. The summed E-state index contributed by atoms with van der Waals surface area (Å²) >= 11 is 0. The fraction of sp³-hybridized carbons (Fsp3) is 0.667. The van der Waals surface area contributed by atoms with Gasteiger partial charge in [-0.05, 0) is 37.0 Å². The van der Waals surface area contributed by atoms with Crippen LogP contribution in [0.25, 0.3) is 0 Å². The summed E-state index contributed by atoms with van der Waals surface area (Å²) in [4.78, 5) is 11.0. The highest BCUT2D eigenvalue weighted by Crippen LogP contribution is 2.63. The number of aromatic nitrogens is 2. The van der Waals surface area contributed by atoms with Gasteiger partial charge in [0.2, 0.25) is 0 Å². The molecule has 104 valence electrons. The van der Waals surface area contributed by atoms with Crippen molar-refractivity contribution in [2.24, 2.45) is 11.3 Å². The van der Waals surface area contributed by atoms with Crippen LogP contribution < -0.4 is 0 Å². The van der Waals surface area contributed by atoms with Gasteiger partial charge in [-0.3, -0.25) is 4.68 Å². The minimum absolute atomic E-state index is 0.251. The zero-order valence-electron chi connectivity index (χ0n) is 10.1. The average molecular weight is 274 g/mol. The molecule has 0 aliphatic heterocycles. The lowest BCUT2D eigenvalue weighted by atomic mass is 9.72. The Hall–Kier alpha value is -1.53. The maximum atomic E-state index is 12.7. The first-order valence-corrected chi connectivity index (χ1v) is 6.17. The highest BCUT2D eigenvalue weighted by molar-refractivity contribution is 5.87. The van der Waals surface area contributed by atoms with Gasteiger partial charge >= 0.3 is 12.1 Å². The molecular formula is C12H13F3N2O2. The standard InChI is InChI=1S/C12H13F3N2O2/c13-12(14,15)8-5-16-17(9(8)10(18)19)6-7-3-11(4-7)1-2-11/h5,7H,1-4,6H2,(H,18,19). The number of rotatable bonds is 3. The summed E-state index contributed by atoms with van der Waals surface area (Å²) in [6.45, 7) is 0.263. The van der Waals surface area contributed by atoms with Crippen molar-refractivity contribution < 1.29 is 23.1 Å². The van der Waals surface area contributed by atoms with Gasteiger partial charge in [0.15, 0.2) is 5.69 Å². The quantitative estimate of drug-likeness (QED) is 0.922. The van der Waals surface area contributed by atoms with E-state index >= 15 is 0 Å². The Morgan fingerprint density at radius 3 is 2.58 bits per heavy atom. The van der Waals surface area contributed by atoms with Crippen molar-refractivity contribution in [3.8, 4) is 0 Å². The summed E-state index contributed by atoms with van der Waals surface area (Å²) in [5.41, 5.74) is -1.47. The van der Waals surface area contributed by atoms with Crippen molar-refractivity contribution in [1.82, 2.24) is 9.78 Å². The molecule has 3 rings (SSSR count). The van der Waals surface area contributed by atoms with Crippen molar-refractivity contribution in [3.05, 3.63) is 17.5 Å². The molecule has 1 spiro atoms. The fourth-order valence-corrected chi connectivity index (χ4v) is 3.08. The highest BCUT2D eigenvalue weighted by Gasteiger charge is 2.53. The first-order valence-electron chi connectivity index (χ1n) is 6.17. The summed E-state index contributed by atoms with van der Waals surface area (Å²) in [5, 5.41) is 12.6. The van der Waals surface area contributed by atoms with Crippen molar-refractivity contribution in [3.63, 3.8) is 0 Å². The van der Waals surface area contributed by atoms with Gasteiger partial charge < -0.3 is 5.11 Å². The molecule has 0 saturated heterocycles. The van der Waals surface area contributed by atoms with Gasteiger partial charge in [-0.25, -0.2) is 4.79 Å². The van der Waals surface area contributed by atoms with E-state index in [1.54, 1.807) is 0 Å². The van der Waals surface area contributed by atoms with Gasteiger partial charge in [0.25, 0.3) is 0 Å². The lowest BCUT2D eigenvalue weighted by Crippen LogP contribution is -2.30. The molecule has 2 saturated carbocycles. The topological polar surface area (TPSA) is 55.1 Å². The van der Waals surface area contributed by atoms with Crippen LogP contribution in [0.4, 0.5) is 13.2 Å². The fourth-order valence-electron chi connectivity index (χ4n) is 3.08. The molecule has 0 aromatic carbocycles. The summed E-state index contributed by atoms with van der Waals surface area (Å²) < 4.78 is 39.0. The van der Waals surface area contributed by atoms with Crippen LogP contribution in [0.5, 0.6) is 0 Å². The Bertz CT molecular complexity index is 524. The zero-order chi connectivity index (χ0) is 13.8. The molecule has 1 aromatic rings. The van der Waals surface area contributed by atoms with Crippen molar-refractivity contribution in [2.45, 2.75) is 38.4 Å². The van der Waals surface area contributed by atoms with E-state index in [2.05, 4.69) is 5.10 Å². The number of aromatic carboxylic acids is 1. The Morgan fingerprint density at radius 1 is 1.47 bits per heavy atom. The first-order chi connectivity index (χ1) is 8.81. The molecule has 1 aromatic heterocycles. The number of carboxylic acid groups (broad SMARTS) is 1. The zero-order valence-corrected chi connectivity index (χ0v) is 10.1. The van der Waals surface area contributed by atoms with Gasteiger partial charge in [-0.2, -0.15) is 18.3 Å². The Kier molecular flexibility index (Phi) is 2.46. The molecule has 0 amide bonds. The molecule has 0 bridgehead atoms. The number of carbonyl (C=O) groups is 1. The predicted octanol–water partition coefficient (Wildman–Crippen LogP) is 2.79.